The summed E-state index contributed by atoms with van der Waals surface area (Å²) in [5, 5.41) is 10.5. The fourth-order valence-electron chi connectivity index (χ4n) is 8.35. The molecular weight excluding hydrogens is 903 g/mol. The molecule has 9 rings (SSSR count). The number of carbonyl (C=O) groups is 1. The van der Waals surface area contributed by atoms with Gasteiger partial charge in [0.2, 0.25) is 20.9 Å². The van der Waals surface area contributed by atoms with Crippen molar-refractivity contribution >= 4 is 88.2 Å². The highest BCUT2D eigenvalue weighted by Gasteiger charge is 2.41. The van der Waals surface area contributed by atoms with Crippen molar-refractivity contribution < 1.29 is 35.5 Å². The minimum absolute atomic E-state index is 0.0316. The van der Waals surface area contributed by atoms with Gasteiger partial charge >= 0.3 is 16.6 Å². The number of hydrogen-bond acceptors (Lipinski definition) is 9. The predicted molar refractivity (Wildman–Crippen MR) is 258 cm³/mol. The van der Waals surface area contributed by atoms with Crippen LogP contribution in [0.5, 0.6) is 0 Å². The van der Waals surface area contributed by atoms with E-state index >= 15 is 0 Å². The molecule has 2 bridgehead atoms. The second-order valence-electron chi connectivity index (χ2n) is 15.2. The van der Waals surface area contributed by atoms with E-state index in [0.717, 1.165) is 49.4 Å². The largest absolute Gasteiger partial charge is 0.481 e. The van der Waals surface area contributed by atoms with Gasteiger partial charge in [0, 0.05) is 49.2 Å². The van der Waals surface area contributed by atoms with Crippen LogP contribution in [0.1, 0.15) is 35.1 Å². The zero-order valence-electron chi connectivity index (χ0n) is 34.2. The van der Waals surface area contributed by atoms with Gasteiger partial charge < -0.3 is 5.11 Å². The highest BCUT2D eigenvalue weighted by Crippen LogP contribution is 2.50. The second-order valence-corrected chi connectivity index (χ2v) is 20.2. The maximum Gasteiger partial charge on any atom is 0.425 e. The minimum atomic E-state index is -4.46. The number of carboxylic acids is 1. The molecule has 3 aliphatic rings. The summed E-state index contributed by atoms with van der Waals surface area (Å²) in [7, 11) is -5.36. The number of likely N-dealkylation sites (N-methyl/N-ethyl adjacent to an activating group) is 1. The van der Waals surface area contributed by atoms with Crippen molar-refractivity contribution in [2.24, 2.45) is 0 Å². The summed E-state index contributed by atoms with van der Waals surface area (Å²) in [6.07, 6.45) is 13.2. The van der Waals surface area contributed by atoms with E-state index in [1.54, 1.807) is 41.7 Å². The molecule has 1 saturated heterocycles. The molecule has 3 aliphatic heterocycles. The van der Waals surface area contributed by atoms with E-state index in [1.807, 2.05) is 54.6 Å². The average Bonchev–Trinajstić information content (AvgIpc) is 3.58. The van der Waals surface area contributed by atoms with Crippen LogP contribution in [-0.4, -0.2) is 60.7 Å². The van der Waals surface area contributed by atoms with Crippen LogP contribution in [0, 0.1) is 0 Å². The highest BCUT2D eigenvalue weighted by atomic mass is 32.2. The van der Waals surface area contributed by atoms with Gasteiger partial charge in [-0.1, -0.05) is 133 Å². The fourth-order valence-corrected chi connectivity index (χ4v) is 12.5. The fraction of sp³-hybridized carbons (Fsp3) is 0.120. The second kappa shape index (κ2) is 19.6. The number of thioether (sulfide) groups is 2. The Balaban J connectivity index is 0.00000135. The molecule has 14 heteroatoms. The van der Waals surface area contributed by atoms with Crippen LogP contribution in [0.15, 0.2) is 189 Å². The summed E-state index contributed by atoms with van der Waals surface area (Å²) in [6.45, 7) is 0. The number of carboxylic acid groups (broad SMARTS) is 1. The van der Waals surface area contributed by atoms with Gasteiger partial charge in [-0.25, -0.2) is 0 Å². The molecule has 0 aliphatic carbocycles. The summed E-state index contributed by atoms with van der Waals surface area (Å²) in [5.41, 5.74) is 8.08. The third kappa shape index (κ3) is 10.1. The number of allylic oxidation sites excluding steroid dienone is 4. The maximum absolute atomic E-state index is 12.5. The molecule has 2 atom stereocenters. The Kier molecular flexibility index (Phi) is 13.7. The van der Waals surface area contributed by atoms with E-state index in [9.17, 15) is 22.9 Å². The monoisotopic (exact) mass is 942 g/mol. The lowest BCUT2D eigenvalue weighted by Gasteiger charge is -2.36. The quantitative estimate of drug-likeness (QED) is 0.0999. The topological polar surface area (TPSA) is 146 Å². The Morgan fingerprint density at radius 2 is 1.48 bits per heavy atom. The number of aliphatic carboxylic acids is 1. The standard InChI is InChI=1S/C50H39NO5S4.O3S/c1-51-42-27-28-43(51)40(26-22-35-31-47(59-45-17-9-6-14-38(35)45)41-15-7-10-18-48(41)60(54,55)56)50(57-36-23-19-32(20-24-36)29-49(52)53)39(42)25-21-34-30-46(33-11-3-2-4-12-33)58-44-16-8-5-13-37(34)44;1-4(2)3/h2-26,30-31,42-43H,27-29H2,1H3,(H-,52,53,54,55,56);/p+1. The van der Waals surface area contributed by atoms with Gasteiger partial charge in [0.1, 0.15) is 4.90 Å². The van der Waals surface area contributed by atoms with Crippen molar-refractivity contribution in [3.8, 4) is 10.4 Å². The molecule has 0 spiro atoms. The average molecular weight is 943 g/mol. The molecule has 322 valence electrons. The molecular formula is C50H40NO8S5+. The summed E-state index contributed by atoms with van der Waals surface area (Å²) >= 11 is 4.99. The van der Waals surface area contributed by atoms with Crippen LogP contribution in [0.3, 0.4) is 0 Å². The lowest BCUT2D eigenvalue weighted by molar-refractivity contribution is -0.136. The Morgan fingerprint density at radius 3 is 2.22 bits per heavy atom. The van der Waals surface area contributed by atoms with Crippen molar-refractivity contribution in [2.45, 2.75) is 46.0 Å². The van der Waals surface area contributed by atoms with Crippen LogP contribution in [0.2, 0.25) is 0 Å². The van der Waals surface area contributed by atoms with Crippen molar-refractivity contribution in [1.82, 2.24) is 4.90 Å². The summed E-state index contributed by atoms with van der Waals surface area (Å²) in [5.74, 6) is -0.860. The van der Waals surface area contributed by atoms with E-state index in [-0.39, 0.29) is 23.4 Å². The van der Waals surface area contributed by atoms with Crippen LogP contribution < -0.4 is 0 Å². The van der Waals surface area contributed by atoms with Gasteiger partial charge in [-0.05, 0) is 101 Å². The number of hydrogen-bond donors (Lipinski definition) is 2. The number of fused-ring (bicyclic) bond motifs is 4. The number of nitrogens with zero attached hydrogens (tertiary/aromatic N) is 1. The third-order valence-corrected chi connectivity index (χ3v) is 15.6. The molecule has 5 aromatic carbocycles. The first-order valence-corrected chi connectivity index (χ1v) is 25.0. The van der Waals surface area contributed by atoms with Gasteiger partial charge in [-0.15, -0.1) is 12.6 Å². The predicted octanol–water partition coefficient (Wildman–Crippen LogP) is 11.4. The van der Waals surface area contributed by atoms with Crippen molar-refractivity contribution in [3.63, 3.8) is 0 Å². The van der Waals surface area contributed by atoms with Crippen molar-refractivity contribution in [3.05, 3.63) is 196 Å². The van der Waals surface area contributed by atoms with Crippen molar-refractivity contribution in [2.75, 3.05) is 7.05 Å². The highest BCUT2D eigenvalue weighted by molar-refractivity contribution is 8.08. The lowest BCUT2D eigenvalue weighted by atomic mass is 9.94. The summed E-state index contributed by atoms with van der Waals surface area (Å²) < 4.78 is 61.4. The molecule has 2 N–H and O–H groups in total. The molecule has 0 saturated carbocycles. The first kappa shape index (κ1) is 44.9. The first-order chi connectivity index (χ1) is 30.8. The van der Waals surface area contributed by atoms with Crippen LogP contribution in [-0.2, 0) is 31.9 Å². The van der Waals surface area contributed by atoms with Gasteiger partial charge in [0.05, 0.1) is 12.0 Å². The molecule has 0 radical (unpaired) electrons. The summed E-state index contributed by atoms with van der Waals surface area (Å²) in [6, 6.07) is 44.0. The Labute approximate surface area is 385 Å². The van der Waals surface area contributed by atoms with Crippen LogP contribution >= 0.6 is 34.9 Å². The minimum Gasteiger partial charge on any atom is -0.481 e. The van der Waals surface area contributed by atoms with E-state index < -0.39 is 26.7 Å². The maximum atomic E-state index is 12.5. The smallest absolute Gasteiger partial charge is 0.425 e. The Hall–Kier alpha value is -5.71. The zero-order chi connectivity index (χ0) is 45.0. The summed E-state index contributed by atoms with van der Waals surface area (Å²) in [4.78, 5) is 19.2. The van der Waals surface area contributed by atoms with E-state index in [4.69, 9.17) is 12.6 Å². The van der Waals surface area contributed by atoms with Crippen LogP contribution in [0.25, 0.3) is 37.1 Å². The zero-order valence-corrected chi connectivity index (χ0v) is 38.3. The third-order valence-electron chi connectivity index (χ3n) is 11.2. The SMILES string of the molecule is CN1C2CCC1/C(=C\C=C1/C=C(c3ccccc3)Sc3ccccc31)C(Sc1ccc(CC(=O)O)cc1)=C2/C=C/c1cc(-c2ccccc2S(=O)(=O)O)[s+]c2ccccc12.O=S(=O)=O. The number of rotatable bonds is 10. The normalized spacial score (nSPS) is 18.5. The molecule has 0 amide bonds. The van der Waals surface area contributed by atoms with E-state index in [1.165, 1.54) is 54.4 Å². The molecule has 9 nitrogen and oxygen atoms in total. The Morgan fingerprint density at radius 1 is 0.828 bits per heavy atom. The first-order valence-electron chi connectivity index (χ1n) is 20.1. The van der Waals surface area contributed by atoms with E-state index in [0.29, 0.717) is 5.56 Å². The van der Waals surface area contributed by atoms with Crippen molar-refractivity contribution in [1.29, 1.82) is 0 Å². The molecule has 4 heterocycles. The lowest BCUT2D eigenvalue weighted by Crippen LogP contribution is -2.39. The van der Waals surface area contributed by atoms with Gasteiger partial charge in [-0.3, -0.25) is 14.2 Å². The number of benzene rings is 5. The molecule has 2 unspecified atom stereocenters. The molecule has 1 aromatic heterocycles. The Bertz CT molecular complexity index is 3170. The molecule has 6 aromatic rings. The van der Waals surface area contributed by atoms with Gasteiger partial charge in [0.15, 0.2) is 0 Å². The molecule has 1 fully saturated rings. The van der Waals surface area contributed by atoms with Gasteiger partial charge in [-0.2, -0.15) is 8.42 Å². The molecule has 64 heavy (non-hydrogen) atoms. The van der Waals surface area contributed by atoms with Crippen LogP contribution in [0.4, 0.5) is 0 Å². The van der Waals surface area contributed by atoms with Gasteiger partial charge in [0.25, 0.3) is 10.1 Å². The van der Waals surface area contributed by atoms with E-state index in [2.05, 4.69) is 96.9 Å².